The highest BCUT2D eigenvalue weighted by Gasteiger charge is 2.30. The SMILES string of the molecule is CCOC(=O)C(C)(C)CSC(=O)c1ccc(Cl)cc1. The second-order valence-electron chi connectivity index (χ2n) is 4.69. The van der Waals surface area contributed by atoms with Gasteiger partial charge in [0, 0.05) is 16.3 Å². The Labute approximate surface area is 122 Å². The Balaban J connectivity index is 2.58. The predicted octanol–water partition coefficient (Wildman–Crippen LogP) is 3.80. The van der Waals surface area contributed by atoms with Crippen molar-refractivity contribution in [3.05, 3.63) is 34.9 Å². The summed E-state index contributed by atoms with van der Waals surface area (Å²) in [5.74, 6) is 0.0965. The van der Waals surface area contributed by atoms with E-state index >= 15 is 0 Å². The second kappa shape index (κ2) is 6.96. The maximum absolute atomic E-state index is 12.0. The number of hydrogen-bond acceptors (Lipinski definition) is 4. The molecular weight excluding hydrogens is 284 g/mol. The molecular formula is C14H17ClO3S. The molecule has 0 bridgehead atoms. The molecule has 0 saturated heterocycles. The minimum Gasteiger partial charge on any atom is -0.466 e. The van der Waals surface area contributed by atoms with E-state index in [4.69, 9.17) is 16.3 Å². The number of esters is 1. The molecule has 0 aliphatic heterocycles. The number of ether oxygens (including phenoxy) is 1. The van der Waals surface area contributed by atoms with Crippen LogP contribution in [0.2, 0.25) is 5.02 Å². The minimum absolute atomic E-state index is 0.0750. The Morgan fingerprint density at radius 3 is 2.37 bits per heavy atom. The van der Waals surface area contributed by atoms with Crippen LogP contribution in [0.3, 0.4) is 0 Å². The summed E-state index contributed by atoms with van der Waals surface area (Å²) >= 11 is 6.88. The van der Waals surface area contributed by atoms with E-state index in [1.807, 2.05) is 0 Å². The summed E-state index contributed by atoms with van der Waals surface area (Å²) in [5, 5.41) is 0.516. The molecule has 104 valence electrons. The van der Waals surface area contributed by atoms with Gasteiger partial charge >= 0.3 is 5.97 Å². The molecule has 0 unspecified atom stereocenters. The zero-order chi connectivity index (χ0) is 14.5. The first-order valence-electron chi connectivity index (χ1n) is 5.96. The molecule has 5 heteroatoms. The highest BCUT2D eigenvalue weighted by Crippen LogP contribution is 2.26. The van der Waals surface area contributed by atoms with Gasteiger partial charge in [0.05, 0.1) is 12.0 Å². The molecule has 0 spiro atoms. The van der Waals surface area contributed by atoms with Crippen molar-refractivity contribution < 1.29 is 14.3 Å². The van der Waals surface area contributed by atoms with E-state index in [1.54, 1.807) is 45.0 Å². The summed E-state index contributed by atoms with van der Waals surface area (Å²) in [6.07, 6.45) is 0. The van der Waals surface area contributed by atoms with Gasteiger partial charge in [0.25, 0.3) is 0 Å². The number of carbonyl (C=O) groups excluding carboxylic acids is 2. The molecule has 1 rings (SSSR count). The first-order valence-corrected chi connectivity index (χ1v) is 7.33. The van der Waals surface area contributed by atoms with E-state index in [0.29, 0.717) is 22.9 Å². The Morgan fingerprint density at radius 1 is 1.26 bits per heavy atom. The Kier molecular flexibility index (Phi) is 5.88. The van der Waals surface area contributed by atoms with Crippen LogP contribution in [0.1, 0.15) is 31.1 Å². The zero-order valence-electron chi connectivity index (χ0n) is 11.2. The van der Waals surface area contributed by atoms with E-state index in [0.717, 1.165) is 11.8 Å². The van der Waals surface area contributed by atoms with Crippen molar-refractivity contribution in [3.63, 3.8) is 0 Å². The molecule has 3 nitrogen and oxygen atoms in total. The summed E-state index contributed by atoms with van der Waals surface area (Å²) in [5.41, 5.74) is -0.1000. The third-order valence-electron chi connectivity index (χ3n) is 2.47. The molecule has 0 atom stereocenters. The summed E-state index contributed by atoms with van der Waals surface area (Å²) in [4.78, 5) is 23.6. The normalized spacial score (nSPS) is 11.2. The number of thioether (sulfide) groups is 1. The molecule has 1 aromatic carbocycles. The van der Waals surface area contributed by atoms with Crippen molar-refractivity contribution in [1.82, 2.24) is 0 Å². The highest BCUT2D eigenvalue weighted by atomic mass is 35.5. The monoisotopic (exact) mass is 300 g/mol. The third kappa shape index (κ3) is 4.88. The van der Waals surface area contributed by atoms with Crippen LogP contribution in [0.4, 0.5) is 0 Å². The minimum atomic E-state index is -0.678. The lowest BCUT2D eigenvalue weighted by Gasteiger charge is -2.21. The number of hydrogen-bond donors (Lipinski definition) is 0. The average molecular weight is 301 g/mol. The molecule has 0 radical (unpaired) electrons. The lowest BCUT2D eigenvalue weighted by atomic mass is 9.97. The highest BCUT2D eigenvalue weighted by molar-refractivity contribution is 8.14. The van der Waals surface area contributed by atoms with Crippen LogP contribution in [0.25, 0.3) is 0 Å². The van der Waals surface area contributed by atoms with Crippen LogP contribution in [0, 0.1) is 5.41 Å². The van der Waals surface area contributed by atoms with Crippen LogP contribution in [-0.2, 0) is 9.53 Å². The number of benzene rings is 1. The Morgan fingerprint density at radius 2 is 1.84 bits per heavy atom. The van der Waals surface area contributed by atoms with Gasteiger partial charge in [-0.3, -0.25) is 9.59 Å². The Bertz CT molecular complexity index is 454. The molecule has 0 heterocycles. The fraction of sp³-hybridized carbons (Fsp3) is 0.429. The largest absolute Gasteiger partial charge is 0.466 e. The maximum atomic E-state index is 12.0. The quantitative estimate of drug-likeness (QED) is 0.776. The van der Waals surface area contributed by atoms with Gasteiger partial charge in [-0.2, -0.15) is 0 Å². The van der Waals surface area contributed by atoms with E-state index in [-0.39, 0.29) is 11.1 Å². The molecule has 0 N–H and O–H groups in total. The van der Waals surface area contributed by atoms with E-state index in [9.17, 15) is 9.59 Å². The van der Waals surface area contributed by atoms with Gasteiger partial charge < -0.3 is 4.74 Å². The molecule has 0 saturated carbocycles. The van der Waals surface area contributed by atoms with E-state index in [1.165, 1.54) is 0 Å². The fourth-order valence-corrected chi connectivity index (χ4v) is 2.34. The molecule has 19 heavy (non-hydrogen) atoms. The van der Waals surface area contributed by atoms with Gasteiger partial charge in [-0.1, -0.05) is 23.4 Å². The van der Waals surface area contributed by atoms with Crippen LogP contribution in [-0.4, -0.2) is 23.4 Å². The van der Waals surface area contributed by atoms with Gasteiger partial charge in [-0.05, 0) is 45.0 Å². The van der Waals surface area contributed by atoms with Gasteiger partial charge in [0.15, 0.2) is 0 Å². The van der Waals surface area contributed by atoms with Gasteiger partial charge in [-0.25, -0.2) is 0 Å². The van der Waals surface area contributed by atoms with E-state index in [2.05, 4.69) is 0 Å². The topological polar surface area (TPSA) is 43.4 Å². The van der Waals surface area contributed by atoms with Crippen molar-refractivity contribution in [2.75, 3.05) is 12.4 Å². The van der Waals surface area contributed by atoms with Crippen LogP contribution in [0.5, 0.6) is 0 Å². The zero-order valence-corrected chi connectivity index (χ0v) is 12.8. The van der Waals surface area contributed by atoms with E-state index < -0.39 is 5.41 Å². The first kappa shape index (κ1) is 16.1. The smallest absolute Gasteiger partial charge is 0.312 e. The maximum Gasteiger partial charge on any atom is 0.312 e. The van der Waals surface area contributed by atoms with Crippen LogP contribution in [0.15, 0.2) is 24.3 Å². The molecule has 0 aliphatic carbocycles. The lowest BCUT2D eigenvalue weighted by molar-refractivity contribution is -0.152. The molecule has 0 aliphatic rings. The van der Waals surface area contributed by atoms with Crippen molar-refractivity contribution in [2.45, 2.75) is 20.8 Å². The molecule has 0 aromatic heterocycles. The summed E-state index contributed by atoms with van der Waals surface area (Å²) in [6, 6.07) is 6.70. The summed E-state index contributed by atoms with van der Waals surface area (Å²) in [7, 11) is 0. The molecule has 0 amide bonds. The third-order valence-corrected chi connectivity index (χ3v) is 4.09. The van der Waals surface area contributed by atoms with Gasteiger partial charge in [-0.15, -0.1) is 0 Å². The lowest BCUT2D eigenvalue weighted by Crippen LogP contribution is -2.29. The average Bonchev–Trinajstić information content (AvgIpc) is 2.37. The summed E-state index contributed by atoms with van der Waals surface area (Å²) < 4.78 is 4.98. The van der Waals surface area contributed by atoms with Crippen LogP contribution >= 0.6 is 23.4 Å². The van der Waals surface area contributed by atoms with Crippen LogP contribution < -0.4 is 0 Å². The van der Waals surface area contributed by atoms with Crippen molar-refractivity contribution in [2.24, 2.45) is 5.41 Å². The number of carbonyl (C=O) groups is 2. The van der Waals surface area contributed by atoms with Gasteiger partial charge in [0.2, 0.25) is 5.12 Å². The summed E-state index contributed by atoms with van der Waals surface area (Å²) in [6.45, 7) is 5.65. The number of rotatable bonds is 5. The molecule has 0 fully saturated rings. The van der Waals surface area contributed by atoms with Crippen molar-refractivity contribution in [1.29, 1.82) is 0 Å². The van der Waals surface area contributed by atoms with Crippen molar-refractivity contribution in [3.8, 4) is 0 Å². The predicted molar refractivity (Wildman–Crippen MR) is 78.7 cm³/mol. The van der Waals surface area contributed by atoms with Crippen molar-refractivity contribution >= 4 is 34.4 Å². The standard InChI is InChI=1S/C14H17ClO3S/c1-4-18-13(17)14(2,3)9-19-12(16)10-5-7-11(15)8-6-10/h5-8H,4,9H2,1-3H3. The number of halogens is 1. The molecule has 1 aromatic rings. The van der Waals surface area contributed by atoms with Gasteiger partial charge in [0.1, 0.15) is 0 Å². The second-order valence-corrected chi connectivity index (χ2v) is 6.07. The fourth-order valence-electron chi connectivity index (χ4n) is 1.30. The Hall–Kier alpha value is -1.00. The first-order chi connectivity index (χ1) is 8.86.